The van der Waals surface area contributed by atoms with Crippen LogP contribution in [0.3, 0.4) is 0 Å². The fourth-order valence-electron chi connectivity index (χ4n) is 1.94. The molecule has 0 bridgehead atoms. The number of hydrogen-bond donors (Lipinski definition) is 0. The van der Waals surface area contributed by atoms with Crippen molar-refractivity contribution in [3.63, 3.8) is 0 Å². The highest BCUT2D eigenvalue weighted by Gasteiger charge is 2.07. The van der Waals surface area contributed by atoms with Gasteiger partial charge in [-0.25, -0.2) is 0 Å². The SMILES string of the molecule is COc1cccc(COC(=S)N(C)Cc2ccccc2)c1. The molecule has 0 saturated carbocycles. The van der Waals surface area contributed by atoms with Gasteiger partial charge in [-0.3, -0.25) is 0 Å². The Labute approximate surface area is 131 Å². The normalized spacial score (nSPS) is 10.0. The zero-order valence-electron chi connectivity index (χ0n) is 12.3. The monoisotopic (exact) mass is 301 g/mol. The summed E-state index contributed by atoms with van der Waals surface area (Å²) in [5.41, 5.74) is 2.23. The van der Waals surface area contributed by atoms with Crippen molar-refractivity contribution >= 4 is 17.4 Å². The number of hydrogen-bond acceptors (Lipinski definition) is 3. The molecule has 0 atom stereocenters. The molecular weight excluding hydrogens is 282 g/mol. The van der Waals surface area contributed by atoms with Crippen LogP contribution in [0.2, 0.25) is 0 Å². The van der Waals surface area contributed by atoms with Crippen LogP contribution in [0.25, 0.3) is 0 Å². The van der Waals surface area contributed by atoms with E-state index in [0.717, 1.165) is 17.9 Å². The summed E-state index contributed by atoms with van der Waals surface area (Å²) in [5, 5.41) is 0.488. The topological polar surface area (TPSA) is 21.7 Å². The van der Waals surface area contributed by atoms with Crippen LogP contribution in [0.4, 0.5) is 0 Å². The standard InChI is InChI=1S/C17H19NO2S/c1-18(12-14-7-4-3-5-8-14)17(21)20-13-15-9-6-10-16(11-15)19-2/h3-11H,12-13H2,1-2H3. The van der Waals surface area contributed by atoms with Gasteiger partial charge in [-0.2, -0.15) is 0 Å². The molecule has 0 fully saturated rings. The Morgan fingerprint density at radius 1 is 1.05 bits per heavy atom. The van der Waals surface area contributed by atoms with Crippen molar-refractivity contribution in [1.82, 2.24) is 4.90 Å². The number of nitrogens with zero attached hydrogens (tertiary/aromatic N) is 1. The Morgan fingerprint density at radius 2 is 1.76 bits per heavy atom. The Bertz CT molecular complexity index is 586. The average Bonchev–Trinajstić information content (AvgIpc) is 2.53. The fraction of sp³-hybridized carbons (Fsp3) is 0.235. The van der Waals surface area contributed by atoms with Gasteiger partial charge in [-0.05, 0) is 35.5 Å². The molecular formula is C17H19NO2S. The third kappa shape index (κ3) is 4.76. The maximum absolute atomic E-state index is 5.66. The summed E-state index contributed by atoms with van der Waals surface area (Å²) >= 11 is 5.31. The molecule has 0 aliphatic heterocycles. The second-order valence-electron chi connectivity index (χ2n) is 4.75. The van der Waals surface area contributed by atoms with E-state index in [4.69, 9.17) is 21.7 Å². The second-order valence-corrected chi connectivity index (χ2v) is 5.10. The van der Waals surface area contributed by atoms with E-state index in [1.54, 1.807) is 7.11 Å². The minimum atomic E-state index is 0.440. The lowest BCUT2D eigenvalue weighted by Gasteiger charge is -2.20. The summed E-state index contributed by atoms with van der Waals surface area (Å²) in [6, 6.07) is 18.0. The van der Waals surface area contributed by atoms with Crippen LogP contribution in [0.15, 0.2) is 54.6 Å². The summed E-state index contributed by atoms with van der Waals surface area (Å²) < 4.78 is 10.9. The molecule has 0 radical (unpaired) electrons. The lowest BCUT2D eigenvalue weighted by atomic mass is 10.2. The summed E-state index contributed by atoms with van der Waals surface area (Å²) in [6.45, 7) is 1.17. The van der Waals surface area contributed by atoms with Crippen molar-refractivity contribution in [2.24, 2.45) is 0 Å². The molecule has 110 valence electrons. The van der Waals surface area contributed by atoms with Gasteiger partial charge in [0.25, 0.3) is 5.17 Å². The van der Waals surface area contributed by atoms with Crippen molar-refractivity contribution in [1.29, 1.82) is 0 Å². The summed E-state index contributed by atoms with van der Waals surface area (Å²) in [7, 11) is 3.58. The first-order valence-electron chi connectivity index (χ1n) is 6.74. The molecule has 3 nitrogen and oxygen atoms in total. The van der Waals surface area contributed by atoms with Crippen LogP contribution < -0.4 is 4.74 Å². The first-order valence-corrected chi connectivity index (χ1v) is 7.14. The largest absolute Gasteiger partial charge is 0.497 e. The van der Waals surface area contributed by atoms with Crippen LogP contribution in [0, 0.1) is 0 Å². The van der Waals surface area contributed by atoms with E-state index in [2.05, 4.69) is 12.1 Å². The molecule has 0 unspecified atom stereocenters. The van der Waals surface area contributed by atoms with Crippen LogP contribution in [-0.2, 0) is 17.9 Å². The Morgan fingerprint density at radius 3 is 2.48 bits per heavy atom. The third-order valence-corrected chi connectivity index (χ3v) is 3.50. The van der Waals surface area contributed by atoms with E-state index < -0.39 is 0 Å². The van der Waals surface area contributed by atoms with Crippen LogP contribution in [0.5, 0.6) is 5.75 Å². The minimum Gasteiger partial charge on any atom is -0.497 e. The number of benzene rings is 2. The van der Waals surface area contributed by atoms with Gasteiger partial charge in [0.15, 0.2) is 0 Å². The van der Waals surface area contributed by atoms with E-state index in [1.807, 2.05) is 54.4 Å². The average molecular weight is 301 g/mol. The number of ether oxygens (including phenoxy) is 2. The molecule has 4 heteroatoms. The van der Waals surface area contributed by atoms with Gasteiger partial charge in [0.1, 0.15) is 12.4 Å². The summed E-state index contributed by atoms with van der Waals surface area (Å²) in [5.74, 6) is 0.819. The molecule has 0 saturated heterocycles. The van der Waals surface area contributed by atoms with Crippen LogP contribution in [-0.4, -0.2) is 24.2 Å². The van der Waals surface area contributed by atoms with Crippen LogP contribution in [0.1, 0.15) is 11.1 Å². The van der Waals surface area contributed by atoms with Crippen LogP contribution >= 0.6 is 12.2 Å². The molecule has 0 N–H and O–H groups in total. The lowest BCUT2D eigenvalue weighted by molar-refractivity contribution is 0.243. The van der Waals surface area contributed by atoms with Gasteiger partial charge in [-0.1, -0.05) is 42.5 Å². The lowest BCUT2D eigenvalue weighted by Crippen LogP contribution is -2.26. The highest BCUT2D eigenvalue weighted by molar-refractivity contribution is 7.80. The van der Waals surface area contributed by atoms with Gasteiger partial charge in [0.2, 0.25) is 0 Å². The first kappa shape index (κ1) is 15.3. The molecule has 0 aliphatic rings. The van der Waals surface area contributed by atoms with E-state index >= 15 is 0 Å². The Kier molecular flexibility index (Phi) is 5.58. The molecule has 2 rings (SSSR count). The van der Waals surface area contributed by atoms with Gasteiger partial charge in [0.05, 0.1) is 7.11 Å². The zero-order chi connectivity index (χ0) is 15.1. The van der Waals surface area contributed by atoms with E-state index in [1.165, 1.54) is 5.56 Å². The summed E-state index contributed by atoms with van der Waals surface area (Å²) in [6.07, 6.45) is 0. The molecule has 0 amide bonds. The maximum Gasteiger partial charge on any atom is 0.259 e. The van der Waals surface area contributed by atoms with Gasteiger partial charge in [0, 0.05) is 13.6 Å². The molecule has 0 spiro atoms. The van der Waals surface area contributed by atoms with Gasteiger partial charge >= 0.3 is 0 Å². The smallest absolute Gasteiger partial charge is 0.259 e. The molecule has 21 heavy (non-hydrogen) atoms. The van der Waals surface area contributed by atoms with Gasteiger partial charge < -0.3 is 14.4 Å². The molecule has 2 aromatic rings. The molecule has 0 heterocycles. The van der Waals surface area contributed by atoms with E-state index in [9.17, 15) is 0 Å². The number of thiocarbonyl (C=S) groups is 1. The summed E-state index contributed by atoms with van der Waals surface area (Å²) in [4.78, 5) is 1.92. The van der Waals surface area contributed by atoms with Crippen molar-refractivity contribution in [2.75, 3.05) is 14.2 Å². The highest BCUT2D eigenvalue weighted by Crippen LogP contribution is 2.14. The minimum absolute atomic E-state index is 0.440. The fourth-order valence-corrected chi connectivity index (χ4v) is 2.06. The van der Waals surface area contributed by atoms with Crippen molar-refractivity contribution < 1.29 is 9.47 Å². The quantitative estimate of drug-likeness (QED) is 0.786. The predicted octanol–water partition coefficient (Wildman–Crippen LogP) is 3.63. The third-order valence-electron chi connectivity index (χ3n) is 3.07. The van der Waals surface area contributed by atoms with E-state index in [0.29, 0.717) is 11.8 Å². The maximum atomic E-state index is 5.66. The highest BCUT2D eigenvalue weighted by atomic mass is 32.1. The second kappa shape index (κ2) is 7.64. The number of rotatable bonds is 5. The predicted molar refractivity (Wildman–Crippen MR) is 88.3 cm³/mol. The zero-order valence-corrected chi connectivity index (χ0v) is 13.1. The molecule has 2 aromatic carbocycles. The number of methoxy groups -OCH3 is 1. The van der Waals surface area contributed by atoms with E-state index in [-0.39, 0.29) is 0 Å². The first-order chi connectivity index (χ1) is 10.2. The van der Waals surface area contributed by atoms with Crippen molar-refractivity contribution in [2.45, 2.75) is 13.2 Å². The molecule has 0 aliphatic carbocycles. The van der Waals surface area contributed by atoms with Crippen molar-refractivity contribution in [3.8, 4) is 5.75 Å². The Balaban J connectivity index is 1.86. The van der Waals surface area contributed by atoms with Gasteiger partial charge in [-0.15, -0.1) is 0 Å². The van der Waals surface area contributed by atoms with Crippen molar-refractivity contribution in [3.05, 3.63) is 65.7 Å². The molecule has 0 aromatic heterocycles. The Hall–Kier alpha value is -2.07.